The largest absolute Gasteiger partial charge is 0.323 e. The Morgan fingerprint density at radius 1 is 1.15 bits per heavy atom. The lowest BCUT2D eigenvalue weighted by molar-refractivity contribution is -0.111. The second kappa shape index (κ2) is 7.49. The Labute approximate surface area is 159 Å². The third-order valence-electron chi connectivity index (χ3n) is 5.56. The van der Waals surface area contributed by atoms with Crippen molar-refractivity contribution in [1.29, 1.82) is 0 Å². The first-order valence-electron chi connectivity index (χ1n) is 9.58. The molecular weight excluding hydrogens is 336 g/mol. The summed E-state index contributed by atoms with van der Waals surface area (Å²) in [5.41, 5.74) is 4.98. The molecule has 2 aromatic carbocycles. The minimum atomic E-state index is -0.188. The maximum Gasteiger partial charge on any atom is 0.248 e. The van der Waals surface area contributed by atoms with Crippen LogP contribution in [0.15, 0.2) is 48.5 Å². The lowest BCUT2D eigenvalue weighted by Crippen LogP contribution is -2.30. The molecule has 0 aliphatic carbocycles. The van der Waals surface area contributed by atoms with Gasteiger partial charge in [0.05, 0.1) is 0 Å². The van der Waals surface area contributed by atoms with Crippen molar-refractivity contribution in [2.75, 3.05) is 18.4 Å². The molecule has 1 atom stereocenters. The highest BCUT2D eigenvalue weighted by atomic mass is 16.1. The van der Waals surface area contributed by atoms with E-state index in [4.69, 9.17) is 0 Å². The molecule has 0 aromatic heterocycles. The highest BCUT2D eigenvalue weighted by Crippen LogP contribution is 2.38. The van der Waals surface area contributed by atoms with Crippen molar-refractivity contribution >= 4 is 23.5 Å². The number of hydrogen-bond donors (Lipinski definition) is 1. The average molecular weight is 360 g/mol. The van der Waals surface area contributed by atoms with E-state index >= 15 is 0 Å². The van der Waals surface area contributed by atoms with Gasteiger partial charge in [-0.25, -0.2) is 0 Å². The number of amides is 1. The number of nitrogens with zero attached hydrogens (tertiary/aromatic N) is 1. The van der Waals surface area contributed by atoms with Gasteiger partial charge in [0.25, 0.3) is 0 Å². The summed E-state index contributed by atoms with van der Waals surface area (Å²) in [6.07, 6.45) is 6.72. The van der Waals surface area contributed by atoms with E-state index in [0.29, 0.717) is 11.6 Å². The van der Waals surface area contributed by atoms with Crippen molar-refractivity contribution in [2.45, 2.75) is 32.2 Å². The molecule has 1 amide bonds. The SMILES string of the molecule is CC(=O)c1ccccc1C=CC(=O)Nc1ccc2c(c1)C1CCCN1CC2. The summed E-state index contributed by atoms with van der Waals surface area (Å²) < 4.78 is 0. The number of anilines is 1. The molecule has 4 rings (SSSR count). The summed E-state index contributed by atoms with van der Waals surface area (Å²) in [5.74, 6) is -0.196. The van der Waals surface area contributed by atoms with Gasteiger partial charge in [-0.2, -0.15) is 0 Å². The number of hydrogen-bond acceptors (Lipinski definition) is 3. The van der Waals surface area contributed by atoms with Crippen LogP contribution in [-0.2, 0) is 11.2 Å². The standard InChI is InChI=1S/C23H24N2O2/c1-16(26)20-6-3-2-5-17(20)9-11-23(27)24-19-10-8-18-12-14-25-13-4-7-22(25)21(18)15-19/h2-3,5-6,8-11,15,22H,4,7,12-14H2,1H3,(H,24,27). The van der Waals surface area contributed by atoms with Crippen LogP contribution in [0.4, 0.5) is 5.69 Å². The molecule has 1 N–H and O–H groups in total. The molecule has 2 aliphatic heterocycles. The third-order valence-corrected chi connectivity index (χ3v) is 5.56. The summed E-state index contributed by atoms with van der Waals surface area (Å²) in [5, 5.41) is 2.96. The molecule has 0 bridgehead atoms. The number of nitrogens with one attached hydrogen (secondary N) is 1. The van der Waals surface area contributed by atoms with Crippen LogP contribution in [0.5, 0.6) is 0 Å². The van der Waals surface area contributed by atoms with E-state index in [1.54, 1.807) is 12.1 Å². The van der Waals surface area contributed by atoms with Gasteiger partial charge in [-0.3, -0.25) is 14.5 Å². The van der Waals surface area contributed by atoms with Gasteiger partial charge in [0.1, 0.15) is 0 Å². The fourth-order valence-electron chi connectivity index (χ4n) is 4.23. The predicted molar refractivity (Wildman–Crippen MR) is 108 cm³/mol. The van der Waals surface area contributed by atoms with Gasteiger partial charge in [0.2, 0.25) is 5.91 Å². The van der Waals surface area contributed by atoms with E-state index in [1.807, 2.05) is 24.3 Å². The Morgan fingerprint density at radius 3 is 2.85 bits per heavy atom. The molecule has 0 radical (unpaired) electrons. The zero-order valence-electron chi connectivity index (χ0n) is 15.6. The first-order chi connectivity index (χ1) is 13.1. The fourth-order valence-corrected chi connectivity index (χ4v) is 4.23. The molecule has 0 saturated carbocycles. The topological polar surface area (TPSA) is 49.4 Å². The Balaban J connectivity index is 1.49. The number of ketones is 1. The molecule has 0 spiro atoms. The summed E-state index contributed by atoms with van der Waals surface area (Å²) in [6, 6.07) is 14.1. The van der Waals surface area contributed by atoms with Gasteiger partial charge in [0, 0.05) is 29.9 Å². The van der Waals surface area contributed by atoms with E-state index in [9.17, 15) is 9.59 Å². The molecule has 1 fully saturated rings. The Hall–Kier alpha value is -2.72. The zero-order valence-corrected chi connectivity index (χ0v) is 15.6. The van der Waals surface area contributed by atoms with E-state index in [2.05, 4.69) is 22.3 Å². The Morgan fingerprint density at radius 2 is 2.00 bits per heavy atom. The molecule has 1 saturated heterocycles. The highest BCUT2D eigenvalue weighted by molar-refractivity contribution is 6.04. The van der Waals surface area contributed by atoms with Crippen molar-refractivity contribution in [3.8, 4) is 0 Å². The molecule has 138 valence electrons. The number of Topliss-reactive ketones (excluding diaryl/α,β-unsaturated/α-hetero) is 1. The van der Waals surface area contributed by atoms with Gasteiger partial charge in [-0.1, -0.05) is 30.3 Å². The first-order valence-corrected chi connectivity index (χ1v) is 9.58. The minimum absolute atomic E-state index is 0.00790. The van der Waals surface area contributed by atoms with Crippen molar-refractivity contribution in [1.82, 2.24) is 4.90 Å². The maximum atomic E-state index is 12.4. The molecule has 27 heavy (non-hydrogen) atoms. The van der Waals surface area contributed by atoms with Gasteiger partial charge < -0.3 is 5.32 Å². The molecule has 4 heteroatoms. The summed E-state index contributed by atoms with van der Waals surface area (Å²) in [7, 11) is 0. The number of fused-ring (bicyclic) bond motifs is 3. The lowest BCUT2D eigenvalue weighted by atomic mass is 9.92. The second-order valence-corrected chi connectivity index (χ2v) is 7.32. The Bertz CT molecular complexity index is 916. The van der Waals surface area contributed by atoms with Crippen LogP contribution >= 0.6 is 0 Å². The van der Waals surface area contributed by atoms with Gasteiger partial charge >= 0.3 is 0 Å². The van der Waals surface area contributed by atoms with E-state index in [1.165, 1.54) is 43.5 Å². The first kappa shape index (κ1) is 17.7. The molecule has 2 heterocycles. The quantitative estimate of drug-likeness (QED) is 0.655. The van der Waals surface area contributed by atoms with Gasteiger partial charge in [0.15, 0.2) is 5.78 Å². The third kappa shape index (κ3) is 3.71. The fraction of sp³-hybridized carbons (Fsp3) is 0.304. The van der Waals surface area contributed by atoms with Crippen LogP contribution in [0.1, 0.15) is 52.9 Å². The van der Waals surface area contributed by atoms with Crippen molar-refractivity contribution in [3.05, 3.63) is 70.8 Å². The predicted octanol–water partition coefficient (Wildman–Crippen LogP) is 4.23. The smallest absolute Gasteiger partial charge is 0.248 e. The van der Waals surface area contributed by atoms with Crippen molar-refractivity contribution in [2.24, 2.45) is 0 Å². The van der Waals surface area contributed by atoms with Gasteiger partial charge in [-0.05, 0) is 67.6 Å². The molecule has 4 nitrogen and oxygen atoms in total. The number of carbonyl (C=O) groups excluding carboxylic acids is 2. The lowest BCUT2D eigenvalue weighted by Gasteiger charge is -2.32. The summed E-state index contributed by atoms with van der Waals surface area (Å²) >= 11 is 0. The minimum Gasteiger partial charge on any atom is -0.323 e. The number of benzene rings is 2. The van der Waals surface area contributed by atoms with Crippen molar-refractivity contribution < 1.29 is 9.59 Å². The van der Waals surface area contributed by atoms with Crippen LogP contribution in [0.2, 0.25) is 0 Å². The van der Waals surface area contributed by atoms with Crippen LogP contribution in [0.25, 0.3) is 6.08 Å². The number of rotatable bonds is 4. The molecule has 1 unspecified atom stereocenters. The van der Waals surface area contributed by atoms with Crippen LogP contribution in [0.3, 0.4) is 0 Å². The molecule has 2 aromatic rings. The Kier molecular flexibility index (Phi) is 4.90. The van der Waals surface area contributed by atoms with Crippen molar-refractivity contribution in [3.63, 3.8) is 0 Å². The van der Waals surface area contributed by atoms with Gasteiger partial charge in [-0.15, -0.1) is 0 Å². The monoisotopic (exact) mass is 360 g/mol. The van der Waals surface area contributed by atoms with Crippen LogP contribution in [-0.4, -0.2) is 29.7 Å². The summed E-state index contributed by atoms with van der Waals surface area (Å²) in [6.45, 7) is 3.85. The van der Waals surface area contributed by atoms with E-state index in [-0.39, 0.29) is 11.7 Å². The highest BCUT2D eigenvalue weighted by Gasteiger charge is 2.31. The van der Waals surface area contributed by atoms with Crippen LogP contribution in [0, 0.1) is 0 Å². The second-order valence-electron chi connectivity index (χ2n) is 7.32. The van der Waals surface area contributed by atoms with E-state index in [0.717, 1.165) is 24.2 Å². The maximum absolute atomic E-state index is 12.4. The molecular formula is C23H24N2O2. The normalized spacial score (nSPS) is 18.9. The summed E-state index contributed by atoms with van der Waals surface area (Å²) in [4.78, 5) is 26.6. The number of carbonyl (C=O) groups is 2. The van der Waals surface area contributed by atoms with E-state index < -0.39 is 0 Å². The van der Waals surface area contributed by atoms with Crippen LogP contribution < -0.4 is 5.32 Å². The molecule has 2 aliphatic rings. The average Bonchev–Trinajstić information content (AvgIpc) is 3.16. The zero-order chi connectivity index (χ0) is 18.8.